The van der Waals surface area contributed by atoms with Crippen molar-refractivity contribution in [2.75, 3.05) is 59.8 Å². The molecule has 4 fully saturated rings. The number of amides is 1. The van der Waals surface area contributed by atoms with Crippen LogP contribution in [0.3, 0.4) is 0 Å². The van der Waals surface area contributed by atoms with Crippen LogP contribution in [0.5, 0.6) is 0 Å². The summed E-state index contributed by atoms with van der Waals surface area (Å²) in [6, 6.07) is 0. The van der Waals surface area contributed by atoms with Crippen LogP contribution in [0.4, 0.5) is 4.79 Å². The van der Waals surface area contributed by atoms with E-state index in [9.17, 15) is 9.59 Å². The van der Waals surface area contributed by atoms with Crippen LogP contribution >= 0.6 is 0 Å². The molecule has 0 radical (unpaired) electrons. The van der Waals surface area contributed by atoms with Crippen molar-refractivity contribution in [3.63, 3.8) is 0 Å². The molecular weight excluding hydrogens is 422 g/mol. The molecule has 0 aromatic carbocycles. The van der Waals surface area contributed by atoms with Crippen LogP contribution in [0.1, 0.15) is 33.1 Å². The lowest BCUT2D eigenvalue weighted by atomic mass is 9.68. The molecule has 6 unspecified atom stereocenters. The molecule has 10 nitrogen and oxygen atoms in total. The van der Waals surface area contributed by atoms with Crippen LogP contribution in [-0.2, 0) is 38.0 Å². The van der Waals surface area contributed by atoms with Crippen LogP contribution in [0.15, 0.2) is 0 Å². The van der Waals surface area contributed by atoms with Gasteiger partial charge in [-0.05, 0) is 33.1 Å². The smallest absolute Gasteiger partial charge is 0.410 e. The van der Waals surface area contributed by atoms with E-state index < -0.39 is 5.60 Å². The van der Waals surface area contributed by atoms with E-state index in [-0.39, 0.29) is 48.5 Å². The average Bonchev–Trinajstić information content (AvgIpc) is 3.70. The monoisotopic (exact) mass is 457 g/mol. The number of rotatable bonds is 9. The molecule has 3 saturated heterocycles. The molecule has 1 aliphatic carbocycles. The number of morpholine rings is 1. The Balaban J connectivity index is 1.35. The second kappa shape index (κ2) is 9.80. The SMILES string of the molecule is CCOC(=O)COCCC1OC1(C)C1C(OC)C(OC(=O)N2CCOCC2)CCC12CO2. The van der Waals surface area contributed by atoms with Crippen LogP contribution in [0.25, 0.3) is 0 Å². The highest BCUT2D eigenvalue weighted by atomic mass is 16.6. The quantitative estimate of drug-likeness (QED) is 0.286. The minimum atomic E-state index is -0.464. The Morgan fingerprint density at radius 1 is 1.22 bits per heavy atom. The predicted molar refractivity (Wildman–Crippen MR) is 110 cm³/mol. The Kier molecular flexibility index (Phi) is 7.26. The van der Waals surface area contributed by atoms with Crippen molar-refractivity contribution in [1.29, 1.82) is 0 Å². The van der Waals surface area contributed by atoms with Gasteiger partial charge in [-0.2, -0.15) is 0 Å². The van der Waals surface area contributed by atoms with Gasteiger partial charge < -0.3 is 38.1 Å². The molecule has 4 aliphatic rings. The molecule has 3 aliphatic heterocycles. The van der Waals surface area contributed by atoms with Gasteiger partial charge >= 0.3 is 12.1 Å². The molecule has 32 heavy (non-hydrogen) atoms. The fourth-order valence-electron chi connectivity index (χ4n) is 5.29. The maximum Gasteiger partial charge on any atom is 0.410 e. The van der Waals surface area contributed by atoms with E-state index in [2.05, 4.69) is 6.92 Å². The van der Waals surface area contributed by atoms with Crippen LogP contribution in [-0.4, -0.2) is 106 Å². The summed E-state index contributed by atoms with van der Waals surface area (Å²) in [4.78, 5) is 25.8. The lowest BCUT2D eigenvalue weighted by Gasteiger charge is -2.43. The molecule has 182 valence electrons. The Morgan fingerprint density at radius 3 is 2.62 bits per heavy atom. The highest BCUT2D eigenvalue weighted by Crippen LogP contribution is 2.59. The first-order valence-corrected chi connectivity index (χ1v) is 11.5. The van der Waals surface area contributed by atoms with Gasteiger partial charge in [0, 0.05) is 26.8 Å². The lowest BCUT2D eigenvalue weighted by Crippen LogP contribution is -2.56. The number of epoxide rings is 2. The average molecular weight is 458 g/mol. The third kappa shape index (κ3) is 4.89. The molecule has 3 heterocycles. The zero-order chi connectivity index (χ0) is 22.8. The lowest BCUT2D eigenvalue weighted by molar-refractivity contribution is -0.148. The molecule has 1 saturated carbocycles. The van der Waals surface area contributed by atoms with Gasteiger partial charge in [-0.15, -0.1) is 0 Å². The number of esters is 1. The van der Waals surface area contributed by atoms with Crippen molar-refractivity contribution in [1.82, 2.24) is 4.90 Å². The van der Waals surface area contributed by atoms with E-state index in [1.807, 2.05) is 0 Å². The van der Waals surface area contributed by atoms with Crippen LogP contribution in [0.2, 0.25) is 0 Å². The van der Waals surface area contributed by atoms with Gasteiger partial charge in [-0.1, -0.05) is 0 Å². The molecule has 0 N–H and O–H groups in total. The van der Waals surface area contributed by atoms with Crippen molar-refractivity contribution in [3.8, 4) is 0 Å². The van der Waals surface area contributed by atoms with Gasteiger partial charge in [-0.25, -0.2) is 9.59 Å². The number of methoxy groups -OCH3 is 1. The summed E-state index contributed by atoms with van der Waals surface area (Å²) in [6.07, 6.45) is 1.08. The van der Waals surface area contributed by atoms with E-state index in [1.165, 1.54) is 0 Å². The molecule has 0 aromatic heterocycles. The Labute approximate surface area is 188 Å². The van der Waals surface area contributed by atoms with Crippen molar-refractivity contribution in [3.05, 3.63) is 0 Å². The Morgan fingerprint density at radius 2 is 1.97 bits per heavy atom. The highest BCUT2D eigenvalue weighted by Gasteiger charge is 2.72. The fraction of sp³-hybridized carbons (Fsp3) is 0.909. The fourth-order valence-corrected chi connectivity index (χ4v) is 5.29. The van der Waals surface area contributed by atoms with Crippen LogP contribution < -0.4 is 0 Å². The minimum Gasteiger partial charge on any atom is -0.464 e. The van der Waals surface area contributed by atoms with E-state index >= 15 is 0 Å². The minimum absolute atomic E-state index is 0.0397. The number of ether oxygens (including phenoxy) is 7. The summed E-state index contributed by atoms with van der Waals surface area (Å²) in [5, 5.41) is 0. The summed E-state index contributed by atoms with van der Waals surface area (Å²) in [5.41, 5.74) is -0.758. The number of hydrogen-bond acceptors (Lipinski definition) is 9. The molecule has 1 amide bonds. The number of nitrogens with zero attached hydrogens (tertiary/aromatic N) is 1. The van der Waals surface area contributed by atoms with E-state index in [4.69, 9.17) is 33.2 Å². The maximum absolute atomic E-state index is 12.7. The predicted octanol–water partition coefficient (Wildman–Crippen LogP) is 1.15. The number of carbonyl (C=O) groups is 2. The molecule has 10 heteroatoms. The molecule has 0 bridgehead atoms. The Bertz CT molecular complexity index is 678. The standard InChI is InChI=1S/C22H35NO9/c1-4-29-17(24)13-28-10-6-16-21(2,32-16)19-18(26-3)15(5-7-22(19)14-30-22)31-20(25)23-8-11-27-12-9-23/h15-16,18-19H,4-14H2,1-3H3. The van der Waals surface area contributed by atoms with Gasteiger partial charge in [0.2, 0.25) is 0 Å². The van der Waals surface area contributed by atoms with Crippen molar-refractivity contribution in [2.45, 2.75) is 62.6 Å². The third-order valence-corrected chi connectivity index (χ3v) is 7.07. The third-order valence-electron chi connectivity index (χ3n) is 7.07. The van der Waals surface area contributed by atoms with Gasteiger partial charge in [0.15, 0.2) is 0 Å². The largest absolute Gasteiger partial charge is 0.464 e. The number of hydrogen-bond donors (Lipinski definition) is 0. The van der Waals surface area contributed by atoms with Crippen LogP contribution in [0, 0.1) is 5.92 Å². The van der Waals surface area contributed by atoms with Crippen molar-refractivity contribution >= 4 is 12.1 Å². The topological polar surface area (TPSA) is 109 Å². The molecule has 4 rings (SSSR count). The number of carbonyl (C=O) groups excluding carboxylic acids is 2. The summed E-state index contributed by atoms with van der Waals surface area (Å²) in [6.45, 7) is 7.29. The molecular formula is C22H35NO9. The zero-order valence-corrected chi connectivity index (χ0v) is 19.2. The first-order valence-electron chi connectivity index (χ1n) is 11.5. The summed E-state index contributed by atoms with van der Waals surface area (Å²) in [7, 11) is 1.65. The van der Waals surface area contributed by atoms with Gasteiger partial charge in [-0.3, -0.25) is 0 Å². The van der Waals surface area contributed by atoms with Gasteiger partial charge in [0.05, 0.1) is 38.4 Å². The summed E-state index contributed by atoms with van der Waals surface area (Å²) >= 11 is 0. The van der Waals surface area contributed by atoms with E-state index in [1.54, 1.807) is 18.9 Å². The van der Waals surface area contributed by atoms with Crippen molar-refractivity contribution in [2.24, 2.45) is 5.92 Å². The Hall–Kier alpha value is -1.46. The molecule has 6 atom stereocenters. The van der Waals surface area contributed by atoms with Crippen molar-refractivity contribution < 1.29 is 42.7 Å². The van der Waals surface area contributed by atoms with Gasteiger partial charge in [0.25, 0.3) is 0 Å². The second-order valence-corrected chi connectivity index (χ2v) is 9.03. The van der Waals surface area contributed by atoms with E-state index in [0.717, 1.165) is 6.42 Å². The molecule has 1 spiro atoms. The molecule has 0 aromatic rings. The first-order chi connectivity index (χ1) is 15.4. The van der Waals surface area contributed by atoms with E-state index in [0.29, 0.717) is 59.0 Å². The van der Waals surface area contributed by atoms with Gasteiger partial charge in [0.1, 0.15) is 30.0 Å². The zero-order valence-electron chi connectivity index (χ0n) is 19.2. The highest BCUT2D eigenvalue weighted by molar-refractivity contribution is 5.70. The maximum atomic E-state index is 12.7. The normalized spacial score (nSPS) is 38.4. The second-order valence-electron chi connectivity index (χ2n) is 9.03. The summed E-state index contributed by atoms with van der Waals surface area (Å²) in [5.74, 6) is -0.430. The summed E-state index contributed by atoms with van der Waals surface area (Å²) < 4.78 is 39.5. The first kappa shape index (κ1) is 23.7.